The van der Waals surface area contributed by atoms with Crippen LogP contribution in [0.1, 0.15) is 23.6 Å². The van der Waals surface area contributed by atoms with E-state index in [1.54, 1.807) is 0 Å². The summed E-state index contributed by atoms with van der Waals surface area (Å²) in [5.74, 6) is 1.03. The van der Waals surface area contributed by atoms with Gasteiger partial charge in [0.2, 0.25) is 0 Å². The average Bonchev–Trinajstić information content (AvgIpc) is 2.94. The van der Waals surface area contributed by atoms with Crippen molar-refractivity contribution in [2.24, 2.45) is 0 Å². The van der Waals surface area contributed by atoms with Crippen molar-refractivity contribution in [3.8, 4) is 5.75 Å². The molecule has 0 radical (unpaired) electrons. The molecule has 0 spiro atoms. The van der Waals surface area contributed by atoms with E-state index in [4.69, 9.17) is 16.3 Å². The third-order valence-corrected chi connectivity index (χ3v) is 4.07. The highest BCUT2D eigenvalue weighted by Crippen LogP contribution is 2.32. The van der Waals surface area contributed by atoms with Crippen LogP contribution in [0.25, 0.3) is 0 Å². The zero-order valence-electron chi connectivity index (χ0n) is 12.2. The molecule has 3 rings (SSSR count). The van der Waals surface area contributed by atoms with Crippen molar-refractivity contribution in [3.05, 3.63) is 64.2 Å². The molecule has 1 unspecified atom stereocenters. The monoisotopic (exact) mass is 301 g/mol. The molecule has 2 aromatic rings. The number of halogens is 1. The number of hydrogen-bond donors (Lipinski definition) is 1. The van der Waals surface area contributed by atoms with E-state index < -0.39 is 0 Å². The Morgan fingerprint density at radius 1 is 1.24 bits per heavy atom. The summed E-state index contributed by atoms with van der Waals surface area (Å²) in [6.45, 7) is 3.76. The summed E-state index contributed by atoms with van der Waals surface area (Å²) < 4.78 is 5.74. The van der Waals surface area contributed by atoms with Gasteiger partial charge in [-0.3, -0.25) is 0 Å². The average molecular weight is 302 g/mol. The van der Waals surface area contributed by atoms with E-state index in [2.05, 4.69) is 36.5 Å². The first-order valence-electron chi connectivity index (χ1n) is 7.44. The second-order valence-electron chi connectivity index (χ2n) is 5.62. The molecular formula is C18H20ClNO. The van der Waals surface area contributed by atoms with Crippen LogP contribution >= 0.6 is 11.6 Å². The quantitative estimate of drug-likeness (QED) is 0.901. The lowest BCUT2D eigenvalue weighted by Crippen LogP contribution is -2.27. The van der Waals surface area contributed by atoms with Gasteiger partial charge in [0.15, 0.2) is 0 Å². The number of fused-ring (bicyclic) bond motifs is 1. The third-order valence-electron chi connectivity index (χ3n) is 3.85. The summed E-state index contributed by atoms with van der Waals surface area (Å²) in [4.78, 5) is 0. The summed E-state index contributed by atoms with van der Waals surface area (Å²) in [5, 5.41) is 4.36. The number of ether oxygens (including phenoxy) is 1. The summed E-state index contributed by atoms with van der Waals surface area (Å²) in [6, 6.07) is 15.0. The van der Waals surface area contributed by atoms with E-state index in [-0.39, 0.29) is 0 Å². The highest BCUT2D eigenvalue weighted by Gasteiger charge is 2.17. The molecule has 1 N–H and O–H groups in total. The fourth-order valence-corrected chi connectivity index (χ4v) is 3.06. The molecule has 0 aromatic heterocycles. The molecule has 2 aromatic carbocycles. The van der Waals surface area contributed by atoms with E-state index in [1.165, 1.54) is 11.1 Å². The molecule has 1 aliphatic rings. The summed E-state index contributed by atoms with van der Waals surface area (Å²) in [6.07, 6.45) is 1.98. The van der Waals surface area contributed by atoms with Crippen LogP contribution in [0.15, 0.2) is 42.5 Å². The van der Waals surface area contributed by atoms with E-state index in [9.17, 15) is 0 Å². The topological polar surface area (TPSA) is 21.3 Å². The molecule has 0 saturated carbocycles. The van der Waals surface area contributed by atoms with Crippen LogP contribution in [0, 0.1) is 0 Å². The molecule has 1 atom stereocenters. The first kappa shape index (κ1) is 14.4. The normalized spacial score (nSPS) is 14.6. The Hall–Kier alpha value is -1.51. The van der Waals surface area contributed by atoms with Gasteiger partial charge in [-0.1, -0.05) is 41.9 Å². The van der Waals surface area contributed by atoms with Gasteiger partial charge in [-0.15, -0.1) is 0 Å². The van der Waals surface area contributed by atoms with Gasteiger partial charge in [0.25, 0.3) is 0 Å². The molecule has 1 heterocycles. The molecule has 21 heavy (non-hydrogen) atoms. The summed E-state index contributed by atoms with van der Waals surface area (Å²) in [5.41, 5.74) is 3.75. The van der Waals surface area contributed by atoms with E-state index in [0.717, 1.165) is 42.3 Å². The molecule has 2 nitrogen and oxygen atoms in total. The molecule has 110 valence electrons. The molecular weight excluding hydrogens is 282 g/mol. The highest BCUT2D eigenvalue weighted by atomic mass is 35.5. The zero-order chi connectivity index (χ0) is 14.7. The highest BCUT2D eigenvalue weighted by molar-refractivity contribution is 6.30. The fourth-order valence-electron chi connectivity index (χ4n) is 2.80. The molecule has 0 saturated heterocycles. The third kappa shape index (κ3) is 3.58. The van der Waals surface area contributed by atoms with Crippen molar-refractivity contribution < 1.29 is 4.74 Å². The Morgan fingerprint density at radius 3 is 2.86 bits per heavy atom. The maximum Gasteiger partial charge on any atom is 0.127 e. The van der Waals surface area contributed by atoms with Gasteiger partial charge in [-0.2, -0.15) is 0 Å². The van der Waals surface area contributed by atoms with Crippen LogP contribution in [0.2, 0.25) is 5.02 Å². The largest absolute Gasteiger partial charge is 0.493 e. The number of rotatable bonds is 5. The van der Waals surface area contributed by atoms with Crippen molar-refractivity contribution in [1.82, 2.24) is 5.32 Å². The molecule has 0 aliphatic carbocycles. The minimum absolute atomic E-state index is 0.406. The van der Waals surface area contributed by atoms with Gasteiger partial charge in [0, 0.05) is 29.6 Å². The predicted molar refractivity (Wildman–Crippen MR) is 87.1 cm³/mol. The van der Waals surface area contributed by atoms with Crippen LogP contribution in [0.5, 0.6) is 5.75 Å². The van der Waals surface area contributed by atoms with Crippen LogP contribution < -0.4 is 10.1 Å². The van der Waals surface area contributed by atoms with Crippen LogP contribution in [0.3, 0.4) is 0 Å². The molecule has 0 fully saturated rings. The summed E-state index contributed by atoms with van der Waals surface area (Å²) >= 11 is 6.19. The maximum atomic E-state index is 6.19. The number of benzene rings is 2. The Balaban J connectivity index is 1.63. The van der Waals surface area contributed by atoms with Crippen LogP contribution in [-0.4, -0.2) is 12.6 Å². The van der Waals surface area contributed by atoms with Crippen molar-refractivity contribution in [1.29, 1.82) is 0 Å². The Morgan fingerprint density at radius 2 is 2.05 bits per heavy atom. The van der Waals surface area contributed by atoms with Gasteiger partial charge < -0.3 is 10.1 Å². The van der Waals surface area contributed by atoms with Crippen molar-refractivity contribution in [2.75, 3.05) is 6.61 Å². The van der Waals surface area contributed by atoms with Gasteiger partial charge in [0.1, 0.15) is 5.75 Å². The lowest BCUT2D eigenvalue weighted by atomic mass is 10.1. The minimum Gasteiger partial charge on any atom is -0.493 e. The van der Waals surface area contributed by atoms with Crippen molar-refractivity contribution >= 4 is 11.6 Å². The van der Waals surface area contributed by atoms with Crippen molar-refractivity contribution in [2.45, 2.75) is 32.4 Å². The second-order valence-corrected chi connectivity index (χ2v) is 6.06. The second kappa shape index (κ2) is 6.50. The standard InChI is InChI=1S/C18H20ClNO/c1-13(9-14-5-3-2-4-6-14)20-12-16-11-17(19)10-15-7-8-21-18(15)16/h2-6,10-11,13,20H,7-9,12H2,1H3. The van der Waals surface area contributed by atoms with Gasteiger partial charge in [-0.05, 0) is 36.6 Å². The SMILES string of the molecule is CC(Cc1ccccc1)NCc1cc(Cl)cc2c1OCC2. The van der Waals surface area contributed by atoms with Gasteiger partial charge in [-0.25, -0.2) is 0 Å². The first-order valence-corrected chi connectivity index (χ1v) is 7.81. The molecule has 0 bridgehead atoms. The first-order chi connectivity index (χ1) is 10.2. The zero-order valence-corrected chi connectivity index (χ0v) is 13.0. The Kier molecular flexibility index (Phi) is 4.47. The van der Waals surface area contributed by atoms with Crippen LogP contribution in [0.4, 0.5) is 0 Å². The molecule has 1 aliphatic heterocycles. The fraction of sp³-hybridized carbons (Fsp3) is 0.333. The lowest BCUT2D eigenvalue weighted by Gasteiger charge is -2.16. The number of hydrogen-bond acceptors (Lipinski definition) is 2. The Bertz CT molecular complexity index is 612. The Labute approximate surface area is 131 Å². The van der Waals surface area contributed by atoms with E-state index in [0.29, 0.717) is 6.04 Å². The van der Waals surface area contributed by atoms with E-state index >= 15 is 0 Å². The molecule has 3 heteroatoms. The van der Waals surface area contributed by atoms with Crippen molar-refractivity contribution in [3.63, 3.8) is 0 Å². The van der Waals surface area contributed by atoms with E-state index in [1.807, 2.05) is 18.2 Å². The number of nitrogens with one attached hydrogen (secondary N) is 1. The maximum absolute atomic E-state index is 6.19. The predicted octanol–water partition coefficient (Wildman–Crippen LogP) is 4.00. The van der Waals surface area contributed by atoms with Crippen LogP contribution in [-0.2, 0) is 19.4 Å². The summed E-state index contributed by atoms with van der Waals surface area (Å²) in [7, 11) is 0. The van der Waals surface area contributed by atoms with Gasteiger partial charge >= 0.3 is 0 Å². The lowest BCUT2D eigenvalue weighted by molar-refractivity contribution is 0.351. The minimum atomic E-state index is 0.406. The molecule has 0 amide bonds. The van der Waals surface area contributed by atoms with Gasteiger partial charge in [0.05, 0.1) is 6.61 Å². The smallest absolute Gasteiger partial charge is 0.127 e.